The maximum Gasteiger partial charge on any atom is 0.325 e. The molecule has 2 fully saturated rings. The summed E-state index contributed by atoms with van der Waals surface area (Å²) in [5, 5.41) is 0.135. The number of carbonyl (C=O) groups is 1. The van der Waals surface area contributed by atoms with Crippen LogP contribution in [0, 0.1) is 17.0 Å². The molecule has 0 radical (unpaired) electrons. The second-order valence-corrected chi connectivity index (χ2v) is 11.5. The van der Waals surface area contributed by atoms with Crippen LogP contribution in [0.5, 0.6) is 0 Å². The molecule has 190 valence electrons. The zero-order valence-corrected chi connectivity index (χ0v) is 22.2. The van der Waals surface area contributed by atoms with Gasteiger partial charge in [-0.25, -0.2) is 13.7 Å². The first-order valence-corrected chi connectivity index (χ1v) is 12.8. The van der Waals surface area contributed by atoms with Gasteiger partial charge >= 0.3 is 5.97 Å². The van der Waals surface area contributed by atoms with Crippen molar-refractivity contribution < 1.29 is 18.3 Å². The molecular weight excluding hydrogens is 493 g/mol. The number of halogens is 4. The van der Waals surface area contributed by atoms with Gasteiger partial charge in [-0.2, -0.15) is 0 Å². The monoisotopic (exact) mass is 524 g/mol. The van der Waals surface area contributed by atoms with Crippen molar-refractivity contribution >= 4 is 29.2 Å². The van der Waals surface area contributed by atoms with Crippen LogP contribution < -0.4 is 5.73 Å². The number of hydrogen-bond acceptors (Lipinski definition) is 4. The Morgan fingerprint density at radius 2 is 1.80 bits per heavy atom. The smallest absolute Gasteiger partial charge is 0.325 e. The Hall–Kier alpha value is -1.73. The maximum atomic E-state index is 15.6. The molecule has 35 heavy (non-hydrogen) atoms. The molecule has 0 amide bonds. The summed E-state index contributed by atoms with van der Waals surface area (Å²) in [5.41, 5.74) is 5.00. The summed E-state index contributed by atoms with van der Waals surface area (Å²) >= 11 is 12.2. The second kappa shape index (κ2) is 8.98. The molecule has 4 atom stereocenters. The van der Waals surface area contributed by atoms with Crippen LogP contribution in [0.4, 0.5) is 8.78 Å². The van der Waals surface area contributed by atoms with Crippen LogP contribution in [0.3, 0.4) is 0 Å². The zero-order chi connectivity index (χ0) is 25.9. The molecule has 0 unspecified atom stereocenters. The first-order valence-electron chi connectivity index (χ1n) is 12.0. The summed E-state index contributed by atoms with van der Waals surface area (Å²) in [6.07, 6.45) is 2.25. The minimum atomic E-state index is -1.48. The summed E-state index contributed by atoms with van der Waals surface area (Å²) in [7, 11) is 0. The fraction of sp³-hybridized carbons (Fsp3) is 0.519. The SMILES string of the molecule is CCC(C)(CC)C[C@@H]1N2[C@@H](C(=O)OC2(C)C)[C@H](c2cccc(Cl)c2F)[C@@]1(N)c1ccc(Cl)cc1F. The maximum absolute atomic E-state index is 15.6. The van der Waals surface area contributed by atoms with Gasteiger partial charge in [0.05, 0.1) is 10.6 Å². The van der Waals surface area contributed by atoms with Gasteiger partial charge in [-0.05, 0) is 49.4 Å². The third-order valence-electron chi connectivity index (χ3n) is 8.34. The summed E-state index contributed by atoms with van der Waals surface area (Å²) in [5.74, 6) is -2.73. The lowest BCUT2D eigenvalue weighted by Crippen LogP contribution is -2.57. The largest absolute Gasteiger partial charge is 0.443 e. The molecule has 4 nitrogen and oxygen atoms in total. The van der Waals surface area contributed by atoms with E-state index in [0.29, 0.717) is 6.42 Å². The summed E-state index contributed by atoms with van der Waals surface area (Å²) in [4.78, 5) is 15.3. The van der Waals surface area contributed by atoms with Crippen molar-refractivity contribution in [3.63, 3.8) is 0 Å². The quantitative estimate of drug-likeness (QED) is 0.423. The van der Waals surface area contributed by atoms with E-state index in [2.05, 4.69) is 20.8 Å². The lowest BCUT2D eigenvalue weighted by molar-refractivity contribution is -0.152. The molecule has 0 aliphatic carbocycles. The molecule has 0 spiro atoms. The lowest BCUT2D eigenvalue weighted by atomic mass is 9.67. The van der Waals surface area contributed by atoms with Crippen LogP contribution >= 0.6 is 23.2 Å². The van der Waals surface area contributed by atoms with E-state index in [9.17, 15) is 4.79 Å². The van der Waals surface area contributed by atoms with Gasteiger partial charge in [-0.1, -0.05) is 75.0 Å². The van der Waals surface area contributed by atoms with Crippen molar-refractivity contribution in [2.75, 3.05) is 0 Å². The molecule has 2 aromatic rings. The van der Waals surface area contributed by atoms with Crippen molar-refractivity contribution in [1.82, 2.24) is 4.90 Å². The average molecular weight is 525 g/mol. The number of hydrogen-bond donors (Lipinski definition) is 1. The van der Waals surface area contributed by atoms with Gasteiger partial charge in [0.1, 0.15) is 17.7 Å². The van der Waals surface area contributed by atoms with Crippen molar-refractivity contribution in [1.29, 1.82) is 0 Å². The average Bonchev–Trinajstić information content (AvgIpc) is 3.18. The Kier molecular flexibility index (Phi) is 6.76. The Balaban J connectivity index is 2.06. The highest BCUT2D eigenvalue weighted by Crippen LogP contribution is 2.58. The summed E-state index contributed by atoms with van der Waals surface area (Å²) in [6, 6.07) is 7.50. The minimum Gasteiger partial charge on any atom is -0.443 e. The van der Waals surface area contributed by atoms with E-state index < -0.39 is 46.9 Å². The summed E-state index contributed by atoms with van der Waals surface area (Å²) < 4.78 is 37.0. The third kappa shape index (κ3) is 4.07. The molecule has 2 aliphatic heterocycles. The number of rotatable bonds is 6. The van der Waals surface area contributed by atoms with Crippen LogP contribution in [-0.4, -0.2) is 28.7 Å². The predicted molar refractivity (Wildman–Crippen MR) is 134 cm³/mol. The van der Waals surface area contributed by atoms with Crippen LogP contribution in [0.1, 0.15) is 70.9 Å². The topological polar surface area (TPSA) is 55.6 Å². The van der Waals surface area contributed by atoms with Gasteiger partial charge in [0.2, 0.25) is 0 Å². The fourth-order valence-corrected chi connectivity index (χ4v) is 6.36. The van der Waals surface area contributed by atoms with Crippen molar-refractivity contribution in [3.8, 4) is 0 Å². The number of cyclic esters (lactones) is 1. The second-order valence-electron chi connectivity index (χ2n) is 10.6. The highest BCUT2D eigenvalue weighted by Gasteiger charge is 2.69. The van der Waals surface area contributed by atoms with Crippen molar-refractivity contribution in [2.24, 2.45) is 11.1 Å². The van der Waals surface area contributed by atoms with E-state index in [-0.39, 0.29) is 26.6 Å². The first-order chi connectivity index (χ1) is 16.3. The highest BCUT2D eigenvalue weighted by molar-refractivity contribution is 6.31. The van der Waals surface area contributed by atoms with Gasteiger partial charge in [-0.15, -0.1) is 0 Å². The molecule has 2 N–H and O–H groups in total. The Bertz CT molecular complexity index is 1150. The fourth-order valence-electron chi connectivity index (χ4n) is 6.02. The Morgan fingerprint density at radius 1 is 1.14 bits per heavy atom. The molecule has 2 saturated heterocycles. The third-order valence-corrected chi connectivity index (χ3v) is 8.87. The number of carbonyl (C=O) groups excluding carboxylic acids is 1. The van der Waals surface area contributed by atoms with E-state index in [1.54, 1.807) is 38.1 Å². The van der Waals surface area contributed by atoms with Gasteiger partial charge in [-0.3, -0.25) is 4.79 Å². The number of ether oxygens (including phenoxy) is 1. The molecule has 2 aliphatic rings. The lowest BCUT2D eigenvalue weighted by Gasteiger charge is -2.45. The molecule has 2 aromatic carbocycles. The van der Waals surface area contributed by atoms with Gasteiger partial charge < -0.3 is 10.5 Å². The van der Waals surface area contributed by atoms with Crippen LogP contribution in [0.2, 0.25) is 10.0 Å². The van der Waals surface area contributed by atoms with Crippen LogP contribution in [-0.2, 0) is 15.1 Å². The number of nitrogens with two attached hydrogens (primary N) is 1. The molecule has 0 aromatic heterocycles. The Labute approximate surface area is 215 Å². The van der Waals surface area contributed by atoms with Crippen molar-refractivity contribution in [2.45, 2.75) is 83.1 Å². The van der Waals surface area contributed by atoms with Crippen LogP contribution in [0.15, 0.2) is 36.4 Å². The number of esters is 1. The molecule has 2 heterocycles. The van der Waals surface area contributed by atoms with Gasteiger partial charge in [0, 0.05) is 22.5 Å². The van der Waals surface area contributed by atoms with Gasteiger partial charge in [0.25, 0.3) is 0 Å². The van der Waals surface area contributed by atoms with Crippen LogP contribution in [0.25, 0.3) is 0 Å². The molecule has 0 saturated carbocycles. The molecular formula is C27H32Cl2F2N2O2. The van der Waals surface area contributed by atoms with E-state index in [4.69, 9.17) is 33.7 Å². The van der Waals surface area contributed by atoms with E-state index in [0.717, 1.165) is 12.8 Å². The molecule has 0 bridgehead atoms. The van der Waals surface area contributed by atoms with Crippen molar-refractivity contribution in [3.05, 3.63) is 69.2 Å². The normalized spacial score (nSPS) is 28.3. The Morgan fingerprint density at radius 3 is 2.40 bits per heavy atom. The van der Waals surface area contributed by atoms with E-state index >= 15 is 8.78 Å². The first kappa shape index (κ1) is 26.3. The highest BCUT2D eigenvalue weighted by atomic mass is 35.5. The number of nitrogens with zero attached hydrogens (tertiary/aromatic N) is 1. The van der Waals surface area contributed by atoms with E-state index in [1.807, 2.05) is 4.90 Å². The van der Waals surface area contributed by atoms with Gasteiger partial charge in [0.15, 0.2) is 5.72 Å². The minimum absolute atomic E-state index is 0.0889. The number of benzene rings is 2. The predicted octanol–water partition coefficient (Wildman–Crippen LogP) is 6.77. The molecule has 8 heteroatoms. The zero-order valence-electron chi connectivity index (χ0n) is 20.7. The van der Waals surface area contributed by atoms with E-state index in [1.165, 1.54) is 12.1 Å². The molecule has 4 rings (SSSR count). The summed E-state index contributed by atoms with van der Waals surface area (Å²) in [6.45, 7) is 9.94. The number of fused-ring (bicyclic) bond motifs is 1. The standard InChI is InChI=1S/C27H32Cl2F2N2O2/c1-6-26(5,7-2)14-20-27(32,17-12-11-15(28)13-19(17)30)21(16-9-8-10-18(29)22(16)31)23-24(34)35-25(3,4)33(20)23/h8-13,20-21,23H,6-7,14,32H2,1-5H3/t20-,21-,23+,27+/m0/s1.